The van der Waals surface area contributed by atoms with Gasteiger partial charge in [-0.25, -0.2) is 9.78 Å². The molecule has 0 radical (unpaired) electrons. The first kappa shape index (κ1) is 21.5. The third-order valence-corrected chi connectivity index (χ3v) is 4.54. The molecule has 2 aromatic heterocycles. The molecule has 3 aromatic rings. The zero-order valence-electron chi connectivity index (χ0n) is 17.9. The van der Waals surface area contributed by atoms with Crippen molar-refractivity contribution in [1.82, 2.24) is 10.3 Å². The number of aryl methyl sites for hydroxylation is 1. The van der Waals surface area contributed by atoms with Gasteiger partial charge in [0.05, 0.1) is 11.4 Å². The summed E-state index contributed by atoms with van der Waals surface area (Å²) >= 11 is 0. The molecule has 0 saturated heterocycles. The molecular formula is C23H25FN2O4. The molecule has 6 nitrogen and oxygen atoms in total. The highest BCUT2D eigenvalue weighted by Crippen LogP contribution is 2.30. The summed E-state index contributed by atoms with van der Waals surface area (Å²) < 4.78 is 25.1. The summed E-state index contributed by atoms with van der Waals surface area (Å²) in [6, 6.07) is 7.38. The number of carbonyl (C=O) groups is 1. The number of pyridine rings is 1. The first-order valence-corrected chi connectivity index (χ1v) is 9.66. The van der Waals surface area contributed by atoms with E-state index in [9.17, 15) is 14.0 Å². The average molecular weight is 412 g/mol. The van der Waals surface area contributed by atoms with E-state index in [0.717, 1.165) is 5.56 Å². The first-order valence-electron chi connectivity index (χ1n) is 9.66. The van der Waals surface area contributed by atoms with Crippen LogP contribution in [0.2, 0.25) is 0 Å². The predicted octanol–water partition coefficient (Wildman–Crippen LogP) is 5.20. The Balaban J connectivity index is 2.15. The number of nitrogens with one attached hydrogen (secondary N) is 1. The van der Waals surface area contributed by atoms with Crippen molar-refractivity contribution in [2.24, 2.45) is 0 Å². The molecule has 30 heavy (non-hydrogen) atoms. The molecular weight excluding hydrogens is 387 g/mol. The maximum atomic E-state index is 13.6. The molecule has 0 aliphatic carbocycles. The topological polar surface area (TPSA) is 81.4 Å². The maximum absolute atomic E-state index is 13.6. The zero-order valence-corrected chi connectivity index (χ0v) is 17.9. The van der Waals surface area contributed by atoms with E-state index in [1.54, 1.807) is 46.8 Å². The summed E-state index contributed by atoms with van der Waals surface area (Å²) in [4.78, 5) is 29.1. The number of halogens is 1. The number of aromatic nitrogens is 1. The van der Waals surface area contributed by atoms with Crippen molar-refractivity contribution in [2.75, 3.05) is 0 Å². The molecule has 158 valence electrons. The van der Waals surface area contributed by atoms with Gasteiger partial charge >= 0.3 is 6.09 Å². The molecule has 1 aromatic carbocycles. The van der Waals surface area contributed by atoms with Crippen molar-refractivity contribution in [3.8, 4) is 11.5 Å². The molecule has 0 unspecified atom stereocenters. The molecule has 0 fully saturated rings. The van der Waals surface area contributed by atoms with Crippen LogP contribution in [-0.4, -0.2) is 16.7 Å². The van der Waals surface area contributed by atoms with Gasteiger partial charge in [-0.05, 0) is 65.3 Å². The summed E-state index contributed by atoms with van der Waals surface area (Å²) in [5, 5.41) is 3.17. The van der Waals surface area contributed by atoms with Crippen LogP contribution < -0.4 is 10.7 Å². The van der Waals surface area contributed by atoms with Gasteiger partial charge < -0.3 is 14.5 Å². The van der Waals surface area contributed by atoms with Crippen molar-refractivity contribution in [1.29, 1.82) is 0 Å². The number of amides is 1. The number of alkyl carbamates (subject to hydrolysis) is 1. The van der Waals surface area contributed by atoms with Crippen LogP contribution in [0.15, 0.2) is 39.5 Å². The Morgan fingerprint density at radius 1 is 1.23 bits per heavy atom. The molecule has 2 heterocycles. The van der Waals surface area contributed by atoms with Crippen molar-refractivity contribution in [3.63, 3.8) is 0 Å². The third kappa shape index (κ3) is 4.50. The summed E-state index contributed by atoms with van der Waals surface area (Å²) in [5.41, 5.74) is 1.48. The van der Waals surface area contributed by atoms with E-state index in [0.29, 0.717) is 22.1 Å². The Labute approximate surface area is 174 Å². The van der Waals surface area contributed by atoms with Crippen LogP contribution in [0.4, 0.5) is 9.18 Å². The van der Waals surface area contributed by atoms with E-state index in [4.69, 9.17) is 9.15 Å². The first-order chi connectivity index (χ1) is 14.0. The van der Waals surface area contributed by atoms with E-state index in [1.165, 1.54) is 12.1 Å². The number of benzene rings is 1. The second kappa shape index (κ2) is 7.89. The normalized spacial score (nSPS) is 12.6. The van der Waals surface area contributed by atoms with Gasteiger partial charge in [-0.15, -0.1) is 0 Å². The molecule has 0 bridgehead atoms. The largest absolute Gasteiger partial charge is 0.454 e. The van der Waals surface area contributed by atoms with Gasteiger partial charge in [0.1, 0.15) is 16.9 Å². The minimum absolute atomic E-state index is 0.196. The average Bonchev–Trinajstić information content (AvgIpc) is 2.62. The second-order valence-electron chi connectivity index (χ2n) is 8.33. The molecule has 0 saturated carbocycles. The number of hydrogen-bond acceptors (Lipinski definition) is 5. The fourth-order valence-electron chi connectivity index (χ4n) is 3.23. The van der Waals surface area contributed by atoms with Crippen LogP contribution in [0.1, 0.15) is 50.4 Å². The lowest BCUT2D eigenvalue weighted by atomic mass is 9.99. The van der Waals surface area contributed by atoms with Crippen LogP contribution in [0.25, 0.3) is 22.4 Å². The minimum atomic E-state index is -0.668. The van der Waals surface area contributed by atoms with Gasteiger partial charge in [0, 0.05) is 11.1 Å². The Morgan fingerprint density at radius 2 is 1.93 bits per heavy atom. The number of fused-ring (bicyclic) bond motifs is 1. The van der Waals surface area contributed by atoms with E-state index in [2.05, 4.69) is 10.3 Å². The van der Waals surface area contributed by atoms with Crippen molar-refractivity contribution >= 4 is 17.1 Å². The third-order valence-electron chi connectivity index (χ3n) is 4.54. The summed E-state index contributed by atoms with van der Waals surface area (Å²) in [7, 11) is 0. The number of nitrogens with zero attached hydrogens (tertiary/aromatic N) is 1. The number of rotatable bonds is 3. The minimum Gasteiger partial charge on any atom is -0.454 e. The Kier molecular flexibility index (Phi) is 5.65. The van der Waals surface area contributed by atoms with Crippen LogP contribution in [0.3, 0.4) is 0 Å². The van der Waals surface area contributed by atoms with Crippen LogP contribution >= 0.6 is 0 Å². The second-order valence-corrected chi connectivity index (χ2v) is 8.33. The molecule has 3 rings (SSSR count). The SMILES string of the molecule is Cc1cc([C@@H](C)NC(=O)OC(C)(C)C)c2oc(-c3cccc(F)n3)c(C)c(=O)c2c1. The Morgan fingerprint density at radius 3 is 2.57 bits per heavy atom. The summed E-state index contributed by atoms with van der Waals surface area (Å²) in [6.45, 7) is 10.6. The monoisotopic (exact) mass is 412 g/mol. The van der Waals surface area contributed by atoms with Crippen molar-refractivity contribution in [2.45, 2.75) is 53.2 Å². The molecule has 0 aliphatic heterocycles. The van der Waals surface area contributed by atoms with E-state index in [-0.39, 0.29) is 16.9 Å². The van der Waals surface area contributed by atoms with E-state index in [1.807, 2.05) is 13.0 Å². The predicted molar refractivity (Wildman–Crippen MR) is 113 cm³/mol. The number of ether oxygens (including phenoxy) is 1. The molecule has 1 atom stereocenters. The summed E-state index contributed by atoms with van der Waals surface area (Å²) in [5.74, 6) is -0.472. The van der Waals surface area contributed by atoms with Crippen LogP contribution in [-0.2, 0) is 4.74 Å². The van der Waals surface area contributed by atoms with Crippen LogP contribution in [0, 0.1) is 19.8 Å². The smallest absolute Gasteiger partial charge is 0.408 e. The maximum Gasteiger partial charge on any atom is 0.408 e. The fourth-order valence-corrected chi connectivity index (χ4v) is 3.23. The van der Waals surface area contributed by atoms with E-state index < -0.39 is 23.7 Å². The molecule has 7 heteroatoms. The van der Waals surface area contributed by atoms with Crippen molar-refractivity contribution < 1.29 is 18.3 Å². The Hall–Kier alpha value is -3.22. The van der Waals surface area contributed by atoms with Crippen LogP contribution in [0.5, 0.6) is 0 Å². The van der Waals surface area contributed by atoms with Gasteiger partial charge in [0.15, 0.2) is 11.2 Å². The lowest BCUT2D eigenvalue weighted by molar-refractivity contribution is 0.0508. The zero-order chi connectivity index (χ0) is 22.2. The van der Waals surface area contributed by atoms with Gasteiger partial charge in [-0.1, -0.05) is 12.1 Å². The van der Waals surface area contributed by atoms with Gasteiger partial charge in [0.2, 0.25) is 5.95 Å². The fraction of sp³-hybridized carbons (Fsp3) is 0.348. The highest BCUT2D eigenvalue weighted by molar-refractivity contribution is 5.84. The van der Waals surface area contributed by atoms with Crippen molar-refractivity contribution in [3.05, 3.63) is 63.2 Å². The van der Waals surface area contributed by atoms with Gasteiger partial charge in [-0.2, -0.15) is 4.39 Å². The lowest BCUT2D eigenvalue weighted by Gasteiger charge is -2.22. The molecule has 1 N–H and O–H groups in total. The Bertz CT molecular complexity index is 1180. The quantitative estimate of drug-likeness (QED) is 0.598. The highest BCUT2D eigenvalue weighted by atomic mass is 19.1. The van der Waals surface area contributed by atoms with E-state index >= 15 is 0 Å². The number of hydrogen-bond donors (Lipinski definition) is 1. The standard InChI is InChI=1S/C23H25FN2O4/c1-12-10-15(14(3)25-22(28)30-23(4,5)6)21-16(11-12)19(27)13(2)20(29-21)17-8-7-9-18(24)26-17/h7-11,14H,1-6H3,(H,25,28)/t14-/m1/s1. The highest BCUT2D eigenvalue weighted by Gasteiger charge is 2.22. The molecule has 1 amide bonds. The van der Waals surface area contributed by atoms with Gasteiger partial charge in [0.25, 0.3) is 0 Å². The summed E-state index contributed by atoms with van der Waals surface area (Å²) in [6.07, 6.45) is -0.578. The number of carbonyl (C=O) groups excluding carboxylic acids is 1. The lowest BCUT2D eigenvalue weighted by Crippen LogP contribution is -2.34. The van der Waals surface area contributed by atoms with Gasteiger partial charge in [-0.3, -0.25) is 4.79 Å². The molecule has 0 aliphatic rings. The molecule has 0 spiro atoms.